The molecule has 0 bridgehead atoms. The Balaban J connectivity index is 1.30. The lowest BCUT2D eigenvalue weighted by Gasteiger charge is -2.36. The molecule has 2 aromatic carbocycles. The first-order chi connectivity index (χ1) is 20.2. The van der Waals surface area contributed by atoms with Crippen molar-refractivity contribution < 1.29 is 19.1 Å². The van der Waals surface area contributed by atoms with E-state index in [0.717, 1.165) is 35.6 Å². The number of hydrogen-bond acceptors (Lipinski definition) is 7. The Hall–Kier alpha value is -4.80. The predicted molar refractivity (Wildman–Crippen MR) is 158 cm³/mol. The third kappa shape index (κ3) is 6.73. The molecule has 4 aromatic rings. The zero-order chi connectivity index (χ0) is 29.7. The highest BCUT2D eigenvalue weighted by atomic mass is 16.6. The summed E-state index contributed by atoms with van der Waals surface area (Å²) >= 11 is 0. The van der Waals surface area contributed by atoms with Gasteiger partial charge in [-0.05, 0) is 74.6 Å². The summed E-state index contributed by atoms with van der Waals surface area (Å²) in [7, 11) is 0. The fourth-order valence-electron chi connectivity index (χ4n) is 5.12. The molecular weight excluding hydrogens is 534 g/mol. The fraction of sp³-hybridized carbons (Fsp3) is 0.355. The number of anilines is 1. The summed E-state index contributed by atoms with van der Waals surface area (Å²) in [6.07, 6.45) is 6.96. The highest BCUT2D eigenvalue weighted by molar-refractivity contribution is 6.15. The Morgan fingerprint density at radius 1 is 0.929 bits per heavy atom. The van der Waals surface area contributed by atoms with E-state index in [4.69, 9.17) is 4.74 Å². The summed E-state index contributed by atoms with van der Waals surface area (Å²) in [5.74, 6) is -0.798. The molecule has 3 heterocycles. The van der Waals surface area contributed by atoms with Crippen LogP contribution >= 0.6 is 0 Å². The molecule has 2 aromatic heterocycles. The van der Waals surface area contributed by atoms with Crippen molar-refractivity contribution in [2.45, 2.75) is 58.2 Å². The van der Waals surface area contributed by atoms with E-state index < -0.39 is 11.5 Å². The Morgan fingerprint density at radius 3 is 2.45 bits per heavy atom. The second-order valence-corrected chi connectivity index (χ2v) is 11.3. The number of nitrogens with zero attached hydrogens (tertiary/aromatic N) is 5. The maximum absolute atomic E-state index is 13.5. The van der Waals surface area contributed by atoms with Crippen molar-refractivity contribution in [2.75, 3.05) is 18.4 Å². The number of carbonyl (C=O) groups excluding carboxylic acids is 3. The monoisotopic (exact) mass is 569 g/mol. The van der Waals surface area contributed by atoms with Gasteiger partial charge in [-0.25, -0.2) is 9.78 Å². The normalized spacial score (nSPS) is 15.3. The van der Waals surface area contributed by atoms with Crippen LogP contribution < -0.4 is 10.6 Å². The molecule has 0 saturated carbocycles. The SMILES string of the molecule is CC(C)(C)OC(=O)N1CCCCC1CNC(=O)c1ncccc1NC(=O)c1ccc(Cn2nccn2)c2ccccc12. The number of ether oxygens (including phenoxy) is 1. The van der Waals surface area contributed by atoms with Crippen LogP contribution in [0.3, 0.4) is 0 Å². The van der Waals surface area contributed by atoms with Gasteiger partial charge in [0.2, 0.25) is 0 Å². The first kappa shape index (κ1) is 28.7. The van der Waals surface area contributed by atoms with E-state index in [2.05, 4.69) is 25.8 Å². The van der Waals surface area contributed by atoms with E-state index in [1.165, 1.54) is 6.20 Å². The van der Waals surface area contributed by atoms with Gasteiger partial charge < -0.3 is 20.3 Å². The Bertz CT molecular complexity index is 1580. The van der Waals surface area contributed by atoms with Crippen molar-refractivity contribution in [3.05, 3.63) is 83.9 Å². The molecule has 0 radical (unpaired) electrons. The molecule has 2 N–H and O–H groups in total. The number of piperidine rings is 1. The third-order valence-corrected chi connectivity index (χ3v) is 7.06. The molecular formula is C31H35N7O4. The van der Waals surface area contributed by atoms with Crippen LogP contribution in [0, 0.1) is 0 Å². The van der Waals surface area contributed by atoms with Crippen LogP contribution in [-0.2, 0) is 11.3 Å². The van der Waals surface area contributed by atoms with Crippen LogP contribution in [0.2, 0.25) is 0 Å². The van der Waals surface area contributed by atoms with Crippen molar-refractivity contribution in [3.8, 4) is 0 Å². The number of fused-ring (bicyclic) bond motifs is 1. The van der Waals surface area contributed by atoms with Crippen molar-refractivity contribution in [1.82, 2.24) is 30.2 Å². The summed E-state index contributed by atoms with van der Waals surface area (Å²) in [5.41, 5.74) is 1.22. The maximum Gasteiger partial charge on any atom is 0.410 e. The first-order valence-electron chi connectivity index (χ1n) is 14.1. The van der Waals surface area contributed by atoms with E-state index in [1.807, 2.05) is 51.1 Å². The average molecular weight is 570 g/mol. The quantitative estimate of drug-likeness (QED) is 0.331. The number of nitrogens with one attached hydrogen (secondary N) is 2. The van der Waals surface area contributed by atoms with Gasteiger partial charge in [0.1, 0.15) is 5.60 Å². The topological polar surface area (TPSA) is 131 Å². The van der Waals surface area contributed by atoms with Crippen LogP contribution in [0.5, 0.6) is 0 Å². The van der Waals surface area contributed by atoms with Gasteiger partial charge in [-0.15, -0.1) is 0 Å². The summed E-state index contributed by atoms with van der Waals surface area (Å²) in [4.78, 5) is 47.1. The molecule has 0 aliphatic carbocycles. The van der Waals surface area contributed by atoms with E-state index in [9.17, 15) is 14.4 Å². The molecule has 218 valence electrons. The number of likely N-dealkylation sites (tertiary alicyclic amines) is 1. The Kier molecular flexibility index (Phi) is 8.46. The van der Waals surface area contributed by atoms with Gasteiger partial charge in [0, 0.05) is 24.8 Å². The minimum Gasteiger partial charge on any atom is -0.444 e. The number of aromatic nitrogens is 4. The zero-order valence-electron chi connectivity index (χ0n) is 24.0. The number of benzene rings is 2. The lowest BCUT2D eigenvalue weighted by atomic mass is 9.99. The fourth-order valence-corrected chi connectivity index (χ4v) is 5.12. The highest BCUT2D eigenvalue weighted by Gasteiger charge is 2.31. The standard InChI is InChI=1S/C31H35N7O4/c1-31(2,3)42-30(41)37-18-7-6-9-22(37)19-33-29(40)27-26(12-8-15-32-27)36-28(39)25-14-13-21(20-38-34-16-17-35-38)23-10-4-5-11-24(23)25/h4-5,8,10-17,22H,6-7,9,18-20H2,1-3H3,(H,33,40)(H,36,39). The Labute approximate surface area is 244 Å². The van der Waals surface area contributed by atoms with Crippen molar-refractivity contribution in [2.24, 2.45) is 0 Å². The Morgan fingerprint density at radius 2 is 1.69 bits per heavy atom. The summed E-state index contributed by atoms with van der Waals surface area (Å²) in [5, 5.41) is 15.8. The van der Waals surface area contributed by atoms with E-state index in [1.54, 1.807) is 40.3 Å². The largest absolute Gasteiger partial charge is 0.444 e. The van der Waals surface area contributed by atoms with Crippen molar-refractivity contribution >= 4 is 34.4 Å². The maximum atomic E-state index is 13.5. The molecule has 11 heteroatoms. The second-order valence-electron chi connectivity index (χ2n) is 11.3. The van der Waals surface area contributed by atoms with Crippen LogP contribution in [-0.4, -0.2) is 67.5 Å². The zero-order valence-corrected chi connectivity index (χ0v) is 24.0. The van der Waals surface area contributed by atoms with Gasteiger partial charge in [-0.2, -0.15) is 15.0 Å². The highest BCUT2D eigenvalue weighted by Crippen LogP contribution is 2.25. The number of hydrogen-bond donors (Lipinski definition) is 2. The van der Waals surface area contributed by atoms with Gasteiger partial charge >= 0.3 is 6.09 Å². The van der Waals surface area contributed by atoms with Crippen LogP contribution in [0.4, 0.5) is 10.5 Å². The van der Waals surface area contributed by atoms with Gasteiger partial charge in [0.25, 0.3) is 11.8 Å². The summed E-state index contributed by atoms with van der Waals surface area (Å²) in [6.45, 7) is 6.79. The molecule has 1 saturated heterocycles. The van der Waals surface area contributed by atoms with E-state index in [-0.39, 0.29) is 30.3 Å². The number of pyridine rings is 1. The van der Waals surface area contributed by atoms with E-state index >= 15 is 0 Å². The van der Waals surface area contributed by atoms with Gasteiger partial charge in [0.05, 0.1) is 30.7 Å². The lowest BCUT2D eigenvalue weighted by Crippen LogP contribution is -2.50. The molecule has 5 rings (SSSR count). The van der Waals surface area contributed by atoms with E-state index in [0.29, 0.717) is 24.3 Å². The van der Waals surface area contributed by atoms with Crippen LogP contribution in [0.15, 0.2) is 67.1 Å². The van der Waals surface area contributed by atoms with Gasteiger partial charge in [0.15, 0.2) is 5.69 Å². The van der Waals surface area contributed by atoms with Crippen LogP contribution in [0.25, 0.3) is 10.8 Å². The average Bonchev–Trinajstić information content (AvgIpc) is 3.49. The molecule has 42 heavy (non-hydrogen) atoms. The molecule has 1 atom stereocenters. The van der Waals surface area contributed by atoms with Crippen LogP contribution in [0.1, 0.15) is 66.4 Å². The van der Waals surface area contributed by atoms with Crippen molar-refractivity contribution in [3.63, 3.8) is 0 Å². The van der Waals surface area contributed by atoms with Gasteiger partial charge in [-0.1, -0.05) is 30.3 Å². The molecule has 0 spiro atoms. The molecule has 1 aliphatic rings. The number of rotatable bonds is 7. The second kappa shape index (κ2) is 12.4. The van der Waals surface area contributed by atoms with Gasteiger partial charge in [-0.3, -0.25) is 9.59 Å². The lowest BCUT2D eigenvalue weighted by molar-refractivity contribution is 0.00984. The molecule has 1 fully saturated rings. The first-order valence-corrected chi connectivity index (χ1v) is 14.1. The van der Waals surface area contributed by atoms with Crippen molar-refractivity contribution in [1.29, 1.82) is 0 Å². The smallest absolute Gasteiger partial charge is 0.410 e. The number of amides is 3. The molecule has 1 aliphatic heterocycles. The molecule has 11 nitrogen and oxygen atoms in total. The molecule has 3 amide bonds. The number of carbonyl (C=O) groups is 3. The third-order valence-electron chi connectivity index (χ3n) is 7.06. The minimum absolute atomic E-state index is 0.0937. The minimum atomic E-state index is -0.605. The summed E-state index contributed by atoms with van der Waals surface area (Å²) < 4.78 is 5.57. The predicted octanol–water partition coefficient (Wildman–Crippen LogP) is 4.65. The molecule has 1 unspecified atom stereocenters. The summed E-state index contributed by atoms with van der Waals surface area (Å²) in [6, 6.07) is 14.4.